The van der Waals surface area contributed by atoms with Gasteiger partial charge in [0.15, 0.2) is 5.13 Å². The molecule has 2 aromatic heterocycles. The number of aryl methyl sites for hydroxylation is 3. The number of thiazole rings is 1. The first-order valence-electron chi connectivity index (χ1n) is 7.07. The van der Waals surface area contributed by atoms with Crippen molar-refractivity contribution in [2.45, 2.75) is 13.8 Å². The molecule has 2 aromatic rings. The summed E-state index contributed by atoms with van der Waals surface area (Å²) in [5.74, 6) is 0.595. The van der Waals surface area contributed by atoms with E-state index in [2.05, 4.69) is 15.0 Å². The number of anilines is 2. The van der Waals surface area contributed by atoms with E-state index < -0.39 is 0 Å². The van der Waals surface area contributed by atoms with Gasteiger partial charge in [-0.3, -0.25) is 10.1 Å². The highest BCUT2D eigenvalue weighted by atomic mass is 32.1. The highest BCUT2D eigenvalue weighted by Gasteiger charge is 2.30. The molecule has 0 saturated carbocycles. The topological polar surface area (TPSA) is 80.3 Å². The number of rotatable bonds is 3. The number of hydrogen-bond acceptors (Lipinski definition) is 7. The summed E-state index contributed by atoms with van der Waals surface area (Å²) in [6, 6.07) is 0. The minimum Gasteiger partial charge on any atom is -0.348 e. The molecule has 1 aliphatic rings. The standard InChI is InChI=1S/C13H18N6O2S/c1-9-8-22-13(14-9)18-6-4-17(5-7-18)12-11(19(20)21)10(2)15-16(12)3/h8H,4-7H2,1-3H3. The van der Waals surface area contributed by atoms with Gasteiger partial charge in [-0.1, -0.05) is 0 Å². The van der Waals surface area contributed by atoms with Crippen LogP contribution >= 0.6 is 11.3 Å². The molecule has 0 spiro atoms. The highest BCUT2D eigenvalue weighted by molar-refractivity contribution is 7.13. The van der Waals surface area contributed by atoms with Crippen molar-refractivity contribution in [1.29, 1.82) is 0 Å². The monoisotopic (exact) mass is 322 g/mol. The summed E-state index contributed by atoms with van der Waals surface area (Å²) in [6.45, 7) is 6.70. The predicted octanol–water partition coefficient (Wildman–Crippen LogP) is 1.73. The van der Waals surface area contributed by atoms with Crippen molar-refractivity contribution in [1.82, 2.24) is 14.8 Å². The van der Waals surface area contributed by atoms with Crippen LogP contribution in [-0.2, 0) is 7.05 Å². The van der Waals surface area contributed by atoms with E-state index in [-0.39, 0.29) is 10.6 Å². The summed E-state index contributed by atoms with van der Waals surface area (Å²) in [5, 5.41) is 18.6. The van der Waals surface area contributed by atoms with Crippen LogP contribution in [0.5, 0.6) is 0 Å². The number of piperazine rings is 1. The molecule has 22 heavy (non-hydrogen) atoms. The van der Waals surface area contributed by atoms with Crippen LogP contribution in [0.4, 0.5) is 16.6 Å². The van der Waals surface area contributed by atoms with Gasteiger partial charge in [0.25, 0.3) is 0 Å². The fourth-order valence-electron chi connectivity index (χ4n) is 2.80. The van der Waals surface area contributed by atoms with Crippen LogP contribution in [0.3, 0.4) is 0 Å². The van der Waals surface area contributed by atoms with Gasteiger partial charge < -0.3 is 9.80 Å². The Kier molecular flexibility index (Phi) is 3.73. The molecule has 3 heterocycles. The minimum atomic E-state index is -0.339. The summed E-state index contributed by atoms with van der Waals surface area (Å²) in [7, 11) is 1.76. The van der Waals surface area contributed by atoms with Gasteiger partial charge in [-0.25, -0.2) is 9.67 Å². The summed E-state index contributed by atoms with van der Waals surface area (Å²) in [4.78, 5) is 19.7. The van der Waals surface area contributed by atoms with E-state index in [4.69, 9.17) is 0 Å². The SMILES string of the molecule is Cc1csc(N2CCN(c3c([N+](=O)[O-])c(C)nn3C)CC2)n1. The Morgan fingerprint density at radius 3 is 2.41 bits per heavy atom. The van der Waals surface area contributed by atoms with Gasteiger partial charge >= 0.3 is 5.69 Å². The van der Waals surface area contributed by atoms with Crippen LogP contribution in [0.25, 0.3) is 0 Å². The zero-order valence-corrected chi connectivity index (χ0v) is 13.6. The molecule has 0 N–H and O–H groups in total. The molecule has 3 rings (SSSR count). The average Bonchev–Trinajstić information content (AvgIpc) is 3.02. The lowest BCUT2D eigenvalue weighted by Crippen LogP contribution is -2.47. The predicted molar refractivity (Wildman–Crippen MR) is 85.9 cm³/mol. The molecule has 0 aromatic carbocycles. The molecule has 0 aliphatic carbocycles. The maximum absolute atomic E-state index is 11.3. The van der Waals surface area contributed by atoms with E-state index in [9.17, 15) is 10.1 Å². The molecule has 0 radical (unpaired) electrons. The van der Waals surface area contributed by atoms with Crippen molar-refractivity contribution < 1.29 is 4.92 Å². The number of aromatic nitrogens is 3. The zero-order chi connectivity index (χ0) is 15.9. The molecule has 0 bridgehead atoms. The third kappa shape index (κ3) is 2.52. The lowest BCUT2D eigenvalue weighted by atomic mass is 10.3. The summed E-state index contributed by atoms with van der Waals surface area (Å²) in [5.41, 5.74) is 1.60. The zero-order valence-electron chi connectivity index (χ0n) is 12.8. The Bertz CT molecular complexity index is 701. The van der Waals surface area contributed by atoms with Gasteiger partial charge in [-0.05, 0) is 13.8 Å². The Labute approximate surface area is 132 Å². The summed E-state index contributed by atoms with van der Waals surface area (Å²) < 4.78 is 1.61. The first kappa shape index (κ1) is 14.8. The molecule has 0 unspecified atom stereocenters. The maximum Gasteiger partial charge on any atom is 0.333 e. The van der Waals surface area contributed by atoms with Crippen molar-refractivity contribution in [3.8, 4) is 0 Å². The van der Waals surface area contributed by atoms with Crippen LogP contribution in [0.2, 0.25) is 0 Å². The Morgan fingerprint density at radius 2 is 1.86 bits per heavy atom. The van der Waals surface area contributed by atoms with Crippen molar-refractivity contribution in [2.75, 3.05) is 36.0 Å². The third-order valence-corrected chi connectivity index (χ3v) is 4.82. The third-order valence-electron chi connectivity index (χ3n) is 3.80. The molecule has 0 amide bonds. The first-order valence-corrected chi connectivity index (χ1v) is 7.95. The number of nitrogens with zero attached hydrogens (tertiary/aromatic N) is 6. The van der Waals surface area contributed by atoms with E-state index in [1.807, 2.05) is 17.2 Å². The minimum absolute atomic E-state index is 0.112. The molecule has 0 atom stereocenters. The van der Waals surface area contributed by atoms with Gasteiger partial charge in [0.1, 0.15) is 5.69 Å². The fraction of sp³-hybridized carbons (Fsp3) is 0.538. The van der Waals surface area contributed by atoms with E-state index in [1.165, 1.54) is 0 Å². The average molecular weight is 322 g/mol. The van der Waals surface area contributed by atoms with Crippen molar-refractivity contribution in [3.05, 3.63) is 26.9 Å². The molecule has 1 saturated heterocycles. The molecule has 1 aliphatic heterocycles. The van der Waals surface area contributed by atoms with Crippen LogP contribution in [-0.4, -0.2) is 45.9 Å². The molecule has 118 valence electrons. The number of nitro groups is 1. The molecular weight excluding hydrogens is 304 g/mol. The fourth-order valence-corrected chi connectivity index (χ4v) is 3.66. The Hall–Kier alpha value is -2.16. The lowest BCUT2D eigenvalue weighted by Gasteiger charge is -2.35. The van der Waals surface area contributed by atoms with Crippen molar-refractivity contribution in [2.24, 2.45) is 7.05 Å². The molecular formula is C13H18N6O2S. The summed E-state index contributed by atoms with van der Waals surface area (Å²) in [6.07, 6.45) is 0. The summed E-state index contributed by atoms with van der Waals surface area (Å²) >= 11 is 1.64. The Morgan fingerprint density at radius 1 is 1.23 bits per heavy atom. The highest BCUT2D eigenvalue weighted by Crippen LogP contribution is 2.32. The number of hydrogen-bond donors (Lipinski definition) is 0. The lowest BCUT2D eigenvalue weighted by molar-refractivity contribution is -0.384. The second-order valence-electron chi connectivity index (χ2n) is 5.38. The normalized spacial score (nSPS) is 15.4. The van der Waals surface area contributed by atoms with Crippen LogP contribution < -0.4 is 9.80 Å². The van der Waals surface area contributed by atoms with Crippen molar-refractivity contribution >= 4 is 28.0 Å². The van der Waals surface area contributed by atoms with E-state index in [0.717, 1.165) is 37.0 Å². The quantitative estimate of drug-likeness (QED) is 0.632. The van der Waals surface area contributed by atoms with Gasteiger partial charge in [-0.15, -0.1) is 11.3 Å². The second-order valence-corrected chi connectivity index (χ2v) is 6.22. The second kappa shape index (κ2) is 5.56. The van der Waals surface area contributed by atoms with Crippen LogP contribution in [0.1, 0.15) is 11.4 Å². The van der Waals surface area contributed by atoms with Gasteiger partial charge in [0, 0.05) is 38.6 Å². The van der Waals surface area contributed by atoms with Crippen LogP contribution in [0, 0.1) is 24.0 Å². The maximum atomic E-state index is 11.3. The molecule has 8 nitrogen and oxygen atoms in total. The smallest absolute Gasteiger partial charge is 0.333 e. The van der Waals surface area contributed by atoms with Gasteiger partial charge in [0.2, 0.25) is 5.82 Å². The molecule has 1 fully saturated rings. The van der Waals surface area contributed by atoms with E-state index in [0.29, 0.717) is 11.5 Å². The Balaban J connectivity index is 1.78. The van der Waals surface area contributed by atoms with Gasteiger partial charge in [-0.2, -0.15) is 5.10 Å². The van der Waals surface area contributed by atoms with Crippen molar-refractivity contribution in [3.63, 3.8) is 0 Å². The van der Waals surface area contributed by atoms with Gasteiger partial charge in [0.05, 0.1) is 10.6 Å². The van der Waals surface area contributed by atoms with E-state index in [1.54, 1.807) is 30.0 Å². The molecule has 9 heteroatoms. The first-order chi connectivity index (χ1) is 10.5. The van der Waals surface area contributed by atoms with E-state index >= 15 is 0 Å². The van der Waals surface area contributed by atoms with Crippen LogP contribution in [0.15, 0.2) is 5.38 Å². The largest absolute Gasteiger partial charge is 0.348 e.